The molecule has 1 aromatic heterocycles. The molecule has 29 heavy (non-hydrogen) atoms. The van der Waals surface area contributed by atoms with Crippen LogP contribution in [-0.4, -0.2) is 23.7 Å². The minimum atomic E-state index is -3.63. The zero-order chi connectivity index (χ0) is 21.3. The van der Waals surface area contributed by atoms with Crippen molar-refractivity contribution in [2.45, 2.75) is 27.2 Å². The highest BCUT2D eigenvalue weighted by molar-refractivity contribution is 7.92. The normalized spacial score (nSPS) is 11.6. The average Bonchev–Trinajstić information content (AvgIpc) is 2.63. The van der Waals surface area contributed by atoms with Gasteiger partial charge in [0.25, 0.3) is 5.56 Å². The van der Waals surface area contributed by atoms with Crippen molar-refractivity contribution in [3.05, 3.63) is 57.9 Å². The van der Waals surface area contributed by atoms with Crippen LogP contribution in [0.3, 0.4) is 0 Å². The SMILES string of the molecule is CCCS(=O)(=O)Nc1cc(C)cc(Nc2ccc3ncn(C)c(=O)c3c2C)c1F. The van der Waals surface area contributed by atoms with Gasteiger partial charge in [-0.15, -0.1) is 0 Å². The van der Waals surface area contributed by atoms with Gasteiger partial charge in [-0.3, -0.25) is 9.52 Å². The van der Waals surface area contributed by atoms with Gasteiger partial charge in [0.15, 0.2) is 5.82 Å². The summed E-state index contributed by atoms with van der Waals surface area (Å²) in [4.78, 5) is 16.7. The number of nitrogens with zero attached hydrogens (tertiary/aromatic N) is 2. The number of nitrogens with one attached hydrogen (secondary N) is 2. The largest absolute Gasteiger partial charge is 0.353 e. The van der Waals surface area contributed by atoms with E-state index in [-0.39, 0.29) is 22.7 Å². The molecule has 0 unspecified atom stereocenters. The predicted octanol–water partition coefficient (Wildman–Crippen LogP) is 3.58. The van der Waals surface area contributed by atoms with E-state index in [0.717, 1.165) is 0 Å². The number of anilines is 3. The Morgan fingerprint density at radius 1 is 1.14 bits per heavy atom. The van der Waals surface area contributed by atoms with Gasteiger partial charge < -0.3 is 9.88 Å². The van der Waals surface area contributed by atoms with E-state index in [1.165, 1.54) is 17.0 Å². The van der Waals surface area contributed by atoms with Gasteiger partial charge in [-0.25, -0.2) is 17.8 Å². The molecule has 3 rings (SSSR count). The molecule has 0 atom stereocenters. The molecule has 0 aliphatic heterocycles. The number of halogens is 1. The summed E-state index contributed by atoms with van der Waals surface area (Å²) in [6, 6.07) is 6.43. The quantitative estimate of drug-likeness (QED) is 0.638. The van der Waals surface area contributed by atoms with E-state index in [4.69, 9.17) is 0 Å². The first-order valence-corrected chi connectivity index (χ1v) is 10.8. The third-order valence-corrected chi connectivity index (χ3v) is 6.05. The first kappa shape index (κ1) is 20.8. The van der Waals surface area contributed by atoms with Crippen LogP contribution in [0.25, 0.3) is 10.9 Å². The van der Waals surface area contributed by atoms with Gasteiger partial charge in [0.1, 0.15) is 0 Å². The maximum Gasteiger partial charge on any atom is 0.261 e. The van der Waals surface area contributed by atoms with Crippen molar-refractivity contribution < 1.29 is 12.8 Å². The zero-order valence-corrected chi connectivity index (χ0v) is 17.5. The summed E-state index contributed by atoms with van der Waals surface area (Å²) in [5.41, 5.74) is 2.20. The molecule has 9 heteroatoms. The lowest BCUT2D eigenvalue weighted by Crippen LogP contribution is -2.18. The molecule has 0 fully saturated rings. The highest BCUT2D eigenvalue weighted by Crippen LogP contribution is 2.31. The second-order valence-corrected chi connectivity index (χ2v) is 8.85. The Morgan fingerprint density at radius 2 is 1.83 bits per heavy atom. The third kappa shape index (κ3) is 4.24. The summed E-state index contributed by atoms with van der Waals surface area (Å²) in [7, 11) is -2.02. The first-order valence-electron chi connectivity index (χ1n) is 9.15. The van der Waals surface area contributed by atoms with E-state index >= 15 is 4.39 Å². The van der Waals surface area contributed by atoms with E-state index in [2.05, 4.69) is 15.0 Å². The van der Waals surface area contributed by atoms with E-state index in [1.807, 2.05) is 0 Å². The van der Waals surface area contributed by atoms with E-state index < -0.39 is 15.8 Å². The number of fused-ring (bicyclic) bond motifs is 1. The fourth-order valence-electron chi connectivity index (χ4n) is 3.15. The fraction of sp³-hybridized carbons (Fsp3) is 0.300. The summed E-state index contributed by atoms with van der Waals surface area (Å²) in [5.74, 6) is -0.808. The molecule has 2 N–H and O–H groups in total. The monoisotopic (exact) mass is 418 g/mol. The van der Waals surface area contributed by atoms with Crippen LogP contribution in [-0.2, 0) is 17.1 Å². The van der Waals surface area contributed by atoms with Crippen LogP contribution in [0, 0.1) is 19.7 Å². The van der Waals surface area contributed by atoms with Crippen molar-refractivity contribution in [2.24, 2.45) is 7.05 Å². The summed E-state index contributed by atoms with van der Waals surface area (Å²) in [5, 5.41) is 3.43. The molecule has 0 aliphatic carbocycles. The molecule has 0 saturated heterocycles. The molecule has 0 radical (unpaired) electrons. The Labute approximate surface area is 168 Å². The molecule has 0 amide bonds. The third-order valence-electron chi connectivity index (χ3n) is 4.57. The standard InChI is InChI=1S/C20H23FN4O3S/c1-5-8-29(27,28)24-17-10-12(2)9-16(19(17)21)23-14-6-7-15-18(13(14)3)20(26)25(4)11-22-15/h6-7,9-11,23-24H,5,8H2,1-4H3. The fourth-order valence-corrected chi connectivity index (χ4v) is 4.28. The van der Waals surface area contributed by atoms with Gasteiger partial charge in [0, 0.05) is 12.7 Å². The highest BCUT2D eigenvalue weighted by Gasteiger charge is 2.17. The van der Waals surface area contributed by atoms with E-state index in [9.17, 15) is 13.2 Å². The molecule has 2 aromatic carbocycles. The van der Waals surface area contributed by atoms with Crippen molar-refractivity contribution in [1.82, 2.24) is 9.55 Å². The van der Waals surface area contributed by atoms with Crippen molar-refractivity contribution in [3.63, 3.8) is 0 Å². The predicted molar refractivity (Wildman–Crippen MR) is 114 cm³/mol. The van der Waals surface area contributed by atoms with Crippen LogP contribution < -0.4 is 15.6 Å². The van der Waals surface area contributed by atoms with Crippen LogP contribution in [0.2, 0.25) is 0 Å². The van der Waals surface area contributed by atoms with Gasteiger partial charge in [-0.2, -0.15) is 0 Å². The number of sulfonamides is 1. The van der Waals surface area contributed by atoms with Gasteiger partial charge >= 0.3 is 0 Å². The topological polar surface area (TPSA) is 93.1 Å². The molecule has 0 spiro atoms. The lowest BCUT2D eigenvalue weighted by Gasteiger charge is -2.16. The van der Waals surface area contributed by atoms with Gasteiger partial charge in [0.2, 0.25) is 10.0 Å². The van der Waals surface area contributed by atoms with Crippen LogP contribution in [0.15, 0.2) is 35.4 Å². The van der Waals surface area contributed by atoms with Crippen molar-refractivity contribution in [2.75, 3.05) is 15.8 Å². The number of aryl methyl sites for hydroxylation is 3. The first-order chi connectivity index (χ1) is 13.6. The molecule has 0 saturated carbocycles. The van der Waals surface area contributed by atoms with Crippen molar-refractivity contribution >= 4 is 38.0 Å². The van der Waals surface area contributed by atoms with Crippen LogP contribution in [0.4, 0.5) is 21.5 Å². The maximum atomic E-state index is 15.0. The second kappa shape index (κ2) is 7.82. The molecule has 0 aliphatic rings. The smallest absolute Gasteiger partial charge is 0.261 e. The highest BCUT2D eigenvalue weighted by atomic mass is 32.2. The Balaban J connectivity index is 2.06. The minimum absolute atomic E-state index is 0.0940. The van der Waals surface area contributed by atoms with Crippen LogP contribution in [0.1, 0.15) is 24.5 Å². The lowest BCUT2D eigenvalue weighted by atomic mass is 10.1. The lowest BCUT2D eigenvalue weighted by molar-refractivity contribution is 0.597. The van der Waals surface area contributed by atoms with E-state index in [1.54, 1.807) is 46.0 Å². The molecular weight excluding hydrogens is 395 g/mol. The summed E-state index contributed by atoms with van der Waals surface area (Å²) >= 11 is 0. The molecule has 154 valence electrons. The number of rotatable bonds is 6. The van der Waals surface area contributed by atoms with E-state index in [0.29, 0.717) is 34.1 Å². The number of hydrogen-bond acceptors (Lipinski definition) is 5. The Hall–Kier alpha value is -2.94. The summed E-state index contributed by atoms with van der Waals surface area (Å²) < 4.78 is 42.8. The maximum absolute atomic E-state index is 15.0. The molecule has 7 nitrogen and oxygen atoms in total. The Bertz CT molecular complexity index is 1250. The van der Waals surface area contributed by atoms with Gasteiger partial charge in [-0.1, -0.05) is 6.92 Å². The number of hydrogen-bond donors (Lipinski definition) is 2. The number of aromatic nitrogens is 2. The van der Waals surface area contributed by atoms with Gasteiger partial charge in [0.05, 0.1) is 34.4 Å². The van der Waals surface area contributed by atoms with Crippen molar-refractivity contribution in [1.29, 1.82) is 0 Å². The number of benzene rings is 2. The second-order valence-electron chi connectivity index (χ2n) is 7.01. The molecule has 0 bridgehead atoms. The van der Waals surface area contributed by atoms with Crippen molar-refractivity contribution in [3.8, 4) is 0 Å². The Morgan fingerprint density at radius 3 is 2.52 bits per heavy atom. The average molecular weight is 418 g/mol. The molecular formula is C20H23FN4O3S. The van der Waals surface area contributed by atoms with Gasteiger partial charge in [-0.05, 0) is 55.7 Å². The van der Waals surface area contributed by atoms with Crippen LogP contribution >= 0.6 is 0 Å². The Kier molecular flexibility index (Phi) is 5.61. The molecule has 1 heterocycles. The summed E-state index contributed by atoms with van der Waals surface area (Å²) in [6.45, 7) is 5.24. The minimum Gasteiger partial charge on any atom is -0.353 e. The zero-order valence-electron chi connectivity index (χ0n) is 16.7. The summed E-state index contributed by atoms with van der Waals surface area (Å²) in [6.07, 6.45) is 1.87. The van der Waals surface area contributed by atoms with Crippen LogP contribution in [0.5, 0.6) is 0 Å². The molecule has 3 aromatic rings.